The molecule has 3 heterocycles. The fraction of sp³-hybridized carbons (Fsp3) is 0.348. The zero-order valence-electron chi connectivity index (χ0n) is 19.0. The van der Waals surface area contributed by atoms with Crippen LogP contribution in [0.1, 0.15) is 31.0 Å². The monoisotopic (exact) mass is 433 g/mol. The molecule has 7 N–H and O–H groups in total. The number of anilines is 3. The molecule has 1 saturated carbocycles. The molecule has 0 spiro atoms. The predicted molar refractivity (Wildman–Crippen MR) is 130 cm³/mol. The third-order valence-electron chi connectivity index (χ3n) is 6.28. The van der Waals surface area contributed by atoms with Gasteiger partial charge >= 0.3 is 0 Å². The molecular weight excluding hydrogens is 402 g/mol. The summed E-state index contributed by atoms with van der Waals surface area (Å²) in [7, 11) is 5.57. The zero-order valence-corrected chi connectivity index (χ0v) is 19.0. The molecule has 1 fully saturated rings. The maximum Gasteiger partial charge on any atom is 0.135 e. The van der Waals surface area contributed by atoms with Crippen molar-refractivity contribution >= 4 is 33.9 Å². The number of rotatable bonds is 8. The molecule has 0 radical (unpaired) electrons. The number of fused-ring (bicyclic) bond motifs is 1. The first-order valence-corrected chi connectivity index (χ1v) is 10.7. The van der Waals surface area contributed by atoms with Gasteiger partial charge in [0.15, 0.2) is 0 Å². The molecular formula is C23H31N9. The lowest BCUT2D eigenvalue weighted by molar-refractivity contribution is 0.346. The minimum Gasteiger partial charge on any atom is -0.403 e. The van der Waals surface area contributed by atoms with E-state index in [4.69, 9.17) is 11.6 Å². The van der Waals surface area contributed by atoms with Crippen molar-refractivity contribution in [2.45, 2.75) is 25.3 Å². The Morgan fingerprint density at radius 2 is 1.94 bits per heavy atom. The van der Waals surface area contributed by atoms with Crippen LogP contribution in [0.2, 0.25) is 0 Å². The van der Waals surface area contributed by atoms with Gasteiger partial charge in [-0.1, -0.05) is 0 Å². The summed E-state index contributed by atoms with van der Waals surface area (Å²) < 4.78 is 0. The molecule has 0 saturated heterocycles. The number of hydrazine groups is 1. The molecule has 0 aliphatic heterocycles. The molecule has 1 atom stereocenters. The number of nitrogens with one attached hydrogen (secondary N) is 3. The molecule has 0 bridgehead atoms. The van der Waals surface area contributed by atoms with Crippen LogP contribution in [-0.2, 0) is 5.54 Å². The van der Waals surface area contributed by atoms with Crippen LogP contribution >= 0.6 is 0 Å². The predicted octanol–water partition coefficient (Wildman–Crippen LogP) is 2.72. The summed E-state index contributed by atoms with van der Waals surface area (Å²) >= 11 is 0. The second-order valence-electron chi connectivity index (χ2n) is 8.34. The molecule has 3 aromatic rings. The van der Waals surface area contributed by atoms with Crippen LogP contribution in [0.5, 0.6) is 0 Å². The Morgan fingerprint density at radius 3 is 2.56 bits per heavy atom. The van der Waals surface area contributed by atoms with Crippen LogP contribution < -0.4 is 27.5 Å². The summed E-state index contributed by atoms with van der Waals surface area (Å²) in [4.78, 5) is 13.7. The van der Waals surface area contributed by atoms with E-state index in [9.17, 15) is 0 Å². The summed E-state index contributed by atoms with van der Waals surface area (Å²) in [5.74, 6) is 8.72. The Balaban J connectivity index is 1.69. The summed E-state index contributed by atoms with van der Waals surface area (Å²) in [6.07, 6.45) is 7.57. The van der Waals surface area contributed by atoms with Gasteiger partial charge in [-0.2, -0.15) is 0 Å². The normalized spacial score (nSPS) is 16.0. The van der Waals surface area contributed by atoms with Crippen molar-refractivity contribution in [3.8, 4) is 0 Å². The highest BCUT2D eigenvalue weighted by molar-refractivity contribution is 5.94. The van der Waals surface area contributed by atoms with Crippen LogP contribution in [0, 0.1) is 5.92 Å². The van der Waals surface area contributed by atoms with Gasteiger partial charge in [-0.25, -0.2) is 20.8 Å². The van der Waals surface area contributed by atoms with Crippen molar-refractivity contribution in [2.24, 2.45) is 17.5 Å². The zero-order chi connectivity index (χ0) is 22.9. The lowest BCUT2D eigenvalue weighted by Gasteiger charge is -2.30. The number of nitrogens with two attached hydrogens (primary N) is 2. The third kappa shape index (κ3) is 4.04. The molecule has 4 rings (SSSR count). The van der Waals surface area contributed by atoms with E-state index in [1.807, 2.05) is 32.4 Å². The van der Waals surface area contributed by atoms with Crippen molar-refractivity contribution in [3.05, 3.63) is 54.1 Å². The number of nitrogens with zero attached hydrogens (tertiary/aromatic N) is 4. The lowest BCUT2D eigenvalue weighted by Crippen LogP contribution is -2.39. The highest BCUT2D eigenvalue weighted by Gasteiger charge is 2.41. The van der Waals surface area contributed by atoms with E-state index in [0.717, 1.165) is 16.6 Å². The first-order valence-electron chi connectivity index (χ1n) is 10.7. The molecule has 1 unspecified atom stereocenters. The average Bonchev–Trinajstić information content (AvgIpc) is 3.64. The van der Waals surface area contributed by atoms with Crippen LogP contribution in [-0.4, -0.2) is 41.1 Å². The molecule has 9 nitrogen and oxygen atoms in total. The number of hydrogen-bond acceptors (Lipinski definition) is 9. The Labute approximate surface area is 188 Å². The van der Waals surface area contributed by atoms with Crippen molar-refractivity contribution in [3.63, 3.8) is 0 Å². The van der Waals surface area contributed by atoms with Gasteiger partial charge in [0, 0.05) is 43.6 Å². The lowest BCUT2D eigenvalue weighted by atomic mass is 9.87. The Hall–Kier alpha value is -3.43. The third-order valence-corrected chi connectivity index (χ3v) is 6.28. The fourth-order valence-corrected chi connectivity index (χ4v) is 4.12. The van der Waals surface area contributed by atoms with Gasteiger partial charge in [0.2, 0.25) is 0 Å². The summed E-state index contributed by atoms with van der Waals surface area (Å²) in [5, 5.41) is 13.3. The molecule has 168 valence electrons. The van der Waals surface area contributed by atoms with E-state index in [1.54, 1.807) is 13.2 Å². The van der Waals surface area contributed by atoms with Gasteiger partial charge in [-0.15, -0.1) is 0 Å². The van der Waals surface area contributed by atoms with E-state index in [1.165, 1.54) is 29.6 Å². The quantitative estimate of drug-likeness (QED) is 0.269. The summed E-state index contributed by atoms with van der Waals surface area (Å²) in [6, 6.07) is 8.09. The highest BCUT2D eigenvalue weighted by Crippen LogP contribution is 2.45. The summed E-state index contributed by atoms with van der Waals surface area (Å²) in [5.41, 5.74) is 8.22. The standard InChI is InChI=1S/C23H31N9/c1-23(27-3,15-5-6-15)16-7-8-28-21(11-16)31-20-10-14-9-18(19(12-24)32(4)25)30-22(26-2)17(14)13-29-20/h7-13,15,27H,5-6,24-25H2,1-4H3,(H,26,30)(H,28,29,31)/b19-12-. The maximum atomic E-state index is 5.92. The second kappa shape index (κ2) is 8.60. The molecule has 0 amide bonds. The van der Waals surface area contributed by atoms with Crippen LogP contribution in [0.4, 0.5) is 17.5 Å². The van der Waals surface area contributed by atoms with Gasteiger partial charge in [0.05, 0.1) is 11.4 Å². The molecule has 1 aliphatic rings. The molecule has 3 aromatic heterocycles. The van der Waals surface area contributed by atoms with Gasteiger partial charge in [-0.3, -0.25) is 0 Å². The van der Waals surface area contributed by atoms with Crippen molar-refractivity contribution in [2.75, 3.05) is 31.8 Å². The molecule has 9 heteroatoms. The molecule has 32 heavy (non-hydrogen) atoms. The van der Waals surface area contributed by atoms with Crippen molar-refractivity contribution in [1.29, 1.82) is 0 Å². The summed E-state index contributed by atoms with van der Waals surface area (Å²) in [6.45, 7) is 2.25. The minimum absolute atomic E-state index is 0.0579. The van der Waals surface area contributed by atoms with Gasteiger partial charge in [-0.05, 0) is 67.9 Å². The highest BCUT2D eigenvalue weighted by atomic mass is 15.4. The first-order chi connectivity index (χ1) is 15.4. The van der Waals surface area contributed by atoms with Crippen LogP contribution in [0.25, 0.3) is 16.5 Å². The molecule has 0 aromatic carbocycles. The van der Waals surface area contributed by atoms with E-state index in [-0.39, 0.29) is 5.54 Å². The van der Waals surface area contributed by atoms with E-state index in [0.29, 0.717) is 28.9 Å². The number of pyridine rings is 3. The smallest absolute Gasteiger partial charge is 0.135 e. The molecule has 1 aliphatic carbocycles. The Kier molecular flexibility index (Phi) is 5.86. The van der Waals surface area contributed by atoms with E-state index in [2.05, 4.69) is 50.0 Å². The average molecular weight is 434 g/mol. The van der Waals surface area contributed by atoms with Gasteiger partial charge in [0.25, 0.3) is 0 Å². The topological polar surface area (TPSA) is 130 Å². The fourth-order valence-electron chi connectivity index (χ4n) is 4.12. The Morgan fingerprint density at radius 1 is 1.19 bits per heavy atom. The minimum atomic E-state index is -0.0579. The first kappa shape index (κ1) is 21.8. The van der Waals surface area contributed by atoms with E-state index < -0.39 is 0 Å². The van der Waals surface area contributed by atoms with Crippen molar-refractivity contribution < 1.29 is 0 Å². The Bertz CT molecular complexity index is 1150. The number of hydrogen-bond donors (Lipinski definition) is 5. The van der Waals surface area contributed by atoms with E-state index >= 15 is 0 Å². The van der Waals surface area contributed by atoms with Gasteiger partial charge < -0.3 is 26.7 Å². The second-order valence-corrected chi connectivity index (χ2v) is 8.34. The maximum absolute atomic E-state index is 5.92. The van der Waals surface area contributed by atoms with Crippen LogP contribution in [0.15, 0.2) is 42.9 Å². The number of aromatic nitrogens is 3. The SMILES string of the molecule is CNc1nc(/C(=C/N)N(C)N)cc2cc(Nc3cc(C(C)(NC)C4CC4)ccn3)ncc12. The van der Waals surface area contributed by atoms with Crippen LogP contribution in [0.3, 0.4) is 0 Å². The van der Waals surface area contributed by atoms with Crippen molar-refractivity contribution in [1.82, 2.24) is 25.3 Å². The van der Waals surface area contributed by atoms with Gasteiger partial charge in [0.1, 0.15) is 17.5 Å². The largest absolute Gasteiger partial charge is 0.403 e.